The highest BCUT2D eigenvalue weighted by molar-refractivity contribution is 7.99. The van der Waals surface area contributed by atoms with Gasteiger partial charge in [-0.15, -0.1) is 0 Å². The van der Waals surface area contributed by atoms with Gasteiger partial charge in [-0.25, -0.2) is 0 Å². The zero-order valence-corrected chi connectivity index (χ0v) is 14.3. The second-order valence-corrected chi connectivity index (χ2v) is 7.73. The van der Waals surface area contributed by atoms with Crippen LogP contribution < -0.4 is 11.1 Å². The summed E-state index contributed by atoms with van der Waals surface area (Å²) in [6.45, 7) is 3.33. The molecule has 2 fully saturated rings. The van der Waals surface area contributed by atoms with Crippen LogP contribution in [0.4, 0.5) is 5.69 Å². The van der Waals surface area contributed by atoms with E-state index in [4.69, 9.17) is 5.73 Å². The Kier molecular flexibility index (Phi) is 4.21. The number of rotatable bonds is 4. The van der Waals surface area contributed by atoms with Gasteiger partial charge < -0.3 is 16.0 Å². The Hall–Kier alpha value is -1.98. The van der Waals surface area contributed by atoms with Gasteiger partial charge in [0.25, 0.3) is 5.91 Å². The monoisotopic (exact) mass is 339 g/mol. The van der Waals surface area contributed by atoms with Gasteiger partial charge in [0, 0.05) is 40.2 Å². The minimum atomic E-state index is 0.0396. The topological polar surface area (TPSA) is 58.4 Å². The lowest BCUT2D eigenvalue weighted by Gasteiger charge is -2.23. The number of anilines is 1. The van der Waals surface area contributed by atoms with Crippen molar-refractivity contribution < 1.29 is 4.79 Å². The van der Waals surface area contributed by atoms with E-state index in [0.717, 1.165) is 34.1 Å². The van der Waals surface area contributed by atoms with Gasteiger partial charge in [0.15, 0.2) is 0 Å². The molecule has 4 rings (SSSR count). The Morgan fingerprint density at radius 2 is 1.71 bits per heavy atom. The van der Waals surface area contributed by atoms with Gasteiger partial charge in [-0.2, -0.15) is 0 Å². The predicted molar refractivity (Wildman–Crippen MR) is 97.2 cm³/mol. The third-order valence-electron chi connectivity index (χ3n) is 4.88. The van der Waals surface area contributed by atoms with E-state index in [2.05, 4.69) is 10.2 Å². The van der Waals surface area contributed by atoms with Gasteiger partial charge in [0.05, 0.1) is 0 Å². The van der Waals surface area contributed by atoms with Gasteiger partial charge in [-0.05, 0) is 67.4 Å². The Morgan fingerprint density at radius 3 is 2.29 bits per heavy atom. The molecule has 2 unspecified atom stereocenters. The summed E-state index contributed by atoms with van der Waals surface area (Å²) in [5.41, 5.74) is 7.20. The first-order valence-electron chi connectivity index (χ1n) is 8.34. The fourth-order valence-corrected chi connectivity index (χ4v) is 4.36. The number of carbonyl (C=O) groups excluding carboxylic acids is 1. The second kappa shape index (κ2) is 6.49. The van der Waals surface area contributed by atoms with Crippen LogP contribution >= 0.6 is 11.8 Å². The highest BCUT2D eigenvalue weighted by Crippen LogP contribution is 2.29. The highest BCUT2D eigenvalue weighted by Gasteiger charge is 2.38. The molecule has 0 spiro atoms. The predicted octanol–water partition coefficient (Wildman–Crippen LogP) is 2.85. The van der Waals surface area contributed by atoms with Crippen molar-refractivity contribution >= 4 is 23.4 Å². The molecule has 0 saturated carbocycles. The molecule has 0 radical (unpaired) electrons. The maximum absolute atomic E-state index is 12.4. The van der Waals surface area contributed by atoms with E-state index in [1.807, 2.05) is 48.5 Å². The number of carbonyl (C=O) groups is 1. The van der Waals surface area contributed by atoms with Crippen LogP contribution in [0.15, 0.2) is 58.3 Å². The van der Waals surface area contributed by atoms with Gasteiger partial charge in [0.1, 0.15) is 0 Å². The lowest BCUT2D eigenvalue weighted by atomic mass is 9.99. The zero-order valence-electron chi connectivity index (χ0n) is 13.4. The number of nitrogens with two attached hydrogens (primary N) is 1. The van der Waals surface area contributed by atoms with Crippen molar-refractivity contribution in [2.24, 2.45) is 5.92 Å². The van der Waals surface area contributed by atoms with Crippen LogP contribution in [0.1, 0.15) is 16.8 Å². The largest absolute Gasteiger partial charge is 0.399 e. The molecule has 0 aromatic heterocycles. The average Bonchev–Trinajstić information content (AvgIpc) is 3.20. The zero-order chi connectivity index (χ0) is 16.5. The van der Waals surface area contributed by atoms with Crippen LogP contribution in [0, 0.1) is 5.92 Å². The maximum atomic E-state index is 12.4. The van der Waals surface area contributed by atoms with E-state index in [1.165, 1.54) is 13.0 Å². The number of nitrogens with one attached hydrogen (secondary N) is 1. The molecule has 2 aromatic carbocycles. The van der Waals surface area contributed by atoms with E-state index >= 15 is 0 Å². The fourth-order valence-electron chi connectivity index (χ4n) is 3.55. The van der Waals surface area contributed by atoms with Crippen molar-refractivity contribution in [2.75, 3.05) is 25.4 Å². The van der Waals surface area contributed by atoms with Crippen LogP contribution in [0.5, 0.6) is 0 Å². The lowest BCUT2D eigenvalue weighted by molar-refractivity contribution is 0.0924. The molecule has 0 aliphatic carbocycles. The van der Waals surface area contributed by atoms with Crippen molar-refractivity contribution in [3.05, 3.63) is 54.1 Å². The summed E-state index contributed by atoms with van der Waals surface area (Å²) < 4.78 is 0. The molecule has 2 aliphatic heterocycles. The van der Waals surface area contributed by atoms with Crippen LogP contribution in [0.2, 0.25) is 0 Å². The first kappa shape index (κ1) is 15.5. The van der Waals surface area contributed by atoms with Gasteiger partial charge >= 0.3 is 0 Å². The van der Waals surface area contributed by atoms with E-state index in [1.54, 1.807) is 11.8 Å². The molecule has 3 N–H and O–H groups in total. The number of benzene rings is 2. The smallest absolute Gasteiger partial charge is 0.251 e. The number of hydrogen-bond donors (Lipinski definition) is 2. The summed E-state index contributed by atoms with van der Waals surface area (Å²) in [4.78, 5) is 17.1. The minimum Gasteiger partial charge on any atom is -0.399 e. The molecule has 4 nitrogen and oxygen atoms in total. The highest BCUT2D eigenvalue weighted by atomic mass is 32.2. The molecule has 1 amide bonds. The standard InChI is InChI=1S/C19H21N3OS/c20-15-3-7-17(8-4-15)24-16-5-1-13(2-6-16)19(23)21-18-12-22-10-9-14(18)11-22/h1-8,14,18H,9-12,20H2,(H,21,23)/t14-,18?/m0/s1. The number of hydrogen-bond acceptors (Lipinski definition) is 4. The molecule has 2 heterocycles. The van der Waals surface area contributed by atoms with Crippen LogP contribution in [-0.4, -0.2) is 36.5 Å². The minimum absolute atomic E-state index is 0.0396. The van der Waals surface area contributed by atoms with Crippen LogP contribution in [0.3, 0.4) is 0 Å². The van der Waals surface area contributed by atoms with Gasteiger partial charge in [0.2, 0.25) is 0 Å². The number of amides is 1. The molecule has 2 bridgehead atoms. The molecule has 124 valence electrons. The summed E-state index contributed by atoms with van der Waals surface area (Å²) in [6, 6.07) is 15.9. The van der Waals surface area contributed by atoms with Crippen molar-refractivity contribution in [1.82, 2.24) is 10.2 Å². The van der Waals surface area contributed by atoms with Crippen molar-refractivity contribution in [3.63, 3.8) is 0 Å². The normalized spacial score (nSPS) is 24.9. The number of nitrogens with zero attached hydrogens (tertiary/aromatic N) is 1. The summed E-state index contributed by atoms with van der Waals surface area (Å²) in [5, 5.41) is 3.20. The first-order chi connectivity index (χ1) is 11.7. The molecular weight excluding hydrogens is 318 g/mol. The summed E-state index contributed by atoms with van der Waals surface area (Å²) >= 11 is 1.67. The molecule has 5 heteroatoms. The average molecular weight is 339 g/mol. The third-order valence-corrected chi connectivity index (χ3v) is 5.90. The van der Waals surface area contributed by atoms with E-state index in [-0.39, 0.29) is 5.91 Å². The first-order valence-corrected chi connectivity index (χ1v) is 9.16. The fraction of sp³-hybridized carbons (Fsp3) is 0.316. The third kappa shape index (κ3) is 3.28. The summed E-state index contributed by atoms with van der Waals surface area (Å²) in [6.07, 6.45) is 1.21. The number of nitrogen functional groups attached to an aromatic ring is 1. The Labute approximate surface area is 146 Å². The Morgan fingerprint density at radius 1 is 1.04 bits per heavy atom. The van der Waals surface area contributed by atoms with E-state index in [9.17, 15) is 4.79 Å². The summed E-state index contributed by atoms with van der Waals surface area (Å²) in [7, 11) is 0. The van der Waals surface area contributed by atoms with Crippen molar-refractivity contribution in [3.8, 4) is 0 Å². The molecule has 3 atom stereocenters. The quantitative estimate of drug-likeness (QED) is 0.841. The number of piperidine rings is 1. The Balaban J connectivity index is 1.38. The summed E-state index contributed by atoms with van der Waals surface area (Å²) in [5.74, 6) is 0.673. The Bertz CT molecular complexity index is 729. The van der Waals surface area contributed by atoms with Crippen molar-refractivity contribution in [2.45, 2.75) is 22.3 Å². The SMILES string of the molecule is Nc1ccc(Sc2ccc(C(=O)NC3CN4CC[C@H]3C4)cc2)cc1. The number of fused-ring (bicyclic) bond motifs is 2. The second-order valence-electron chi connectivity index (χ2n) is 6.58. The van der Waals surface area contributed by atoms with E-state index < -0.39 is 0 Å². The van der Waals surface area contributed by atoms with Crippen LogP contribution in [0.25, 0.3) is 0 Å². The lowest BCUT2D eigenvalue weighted by Crippen LogP contribution is -2.43. The van der Waals surface area contributed by atoms with Crippen LogP contribution in [-0.2, 0) is 0 Å². The molecule has 2 aromatic rings. The van der Waals surface area contributed by atoms with Gasteiger partial charge in [-0.1, -0.05) is 11.8 Å². The molecular formula is C19H21N3OS. The van der Waals surface area contributed by atoms with E-state index in [0.29, 0.717) is 12.0 Å². The van der Waals surface area contributed by atoms with Crippen molar-refractivity contribution in [1.29, 1.82) is 0 Å². The molecule has 2 aliphatic rings. The molecule has 2 saturated heterocycles. The molecule has 24 heavy (non-hydrogen) atoms. The van der Waals surface area contributed by atoms with Gasteiger partial charge in [-0.3, -0.25) is 4.79 Å². The maximum Gasteiger partial charge on any atom is 0.251 e.